The predicted molar refractivity (Wildman–Crippen MR) is 87.8 cm³/mol. The van der Waals surface area contributed by atoms with Gasteiger partial charge < -0.3 is 4.57 Å². The van der Waals surface area contributed by atoms with Crippen molar-refractivity contribution in [1.29, 1.82) is 0 Å². The van der Waals surface area contributed by atoms with E-state index in [-0.39, 0.29) is 5.43 Å². The summed E-state index contributed by atoms with van der Waals surface area (Å²) in [6, 6.07) is 10.0. The average molecular weight is 310 g/mol. The highest BCUT2D eigenvalue weighted by Gasteiger charge is 2.11. The molecule has 5 heteroatoms. The van der Waals surface area contributed by atoms with E-state index in [1.807, 2.05) is 23.7 Å². The molecule has 2 aromatic carbocycles. The summed E-state index contributed by atoms with van der Waals surface area (Å²) in [4.78, 5) is 17.7. The third kappa shape index (κ3) is 1.86. The normalized spacial score (nSPS) is 11.4. The van der Waals surface area contributed by atoms with Gasteiger partial charge in [-0.1, -0.05) is 6.07 Å². The van der Waals surface area contributed by atoms with Crippen LogP contribution in [0.3, 0.4) is 0 Å². The van der Waals surface area contributed by atoms with Crippen molar-refractivity contribution in [1.82, 2.24) is 9.55 Å². The molecule has 0 bridgehead atoms. The molecule has 0 saturated heterocycles. The second kappa shape index (κ2) is 4.74. The lowest BCUT2D eigenvalue weighted by atomic mass is 10.1. The van der Waals surface area contributed by atoms with Gasteiger partial charge in [0, 0.05) is 24.0 Å². The number of aromatic nitrogens is 2. The van der Waals surface area contributed by atoms with Crippen LogP contribution in [0, 0.1) is 5.82 Å². The zero-order valence-corrected chi connectivity index (χ0v) is 12.5. The zero-order chi connectivity index (χ0) is 15.3. The van der Waals surface area contributed by atoms with E-state index >= 15 is 0 Å². The van der Waals surface area contributed by atoms with Crippen LogP contribution in [-0.4, -0.2) is 9.55 Å². The summed E-state index contributed by atoms with van der Waals surface area (Å²) in [5.41, 5.74) is 4.21. The Kier molecular flexibility index (Phi) is 2.84. The molecular formula is C17H11FN2OS. The van der Waals surface area contributed by atoms with E-state index in [1.165, 1.54) is 12.1 Å². The van der Waals surface area contributed by atoms with Crippen LogP contribution in [0.1, 0.15) is 0 Å². The van der Waals surface area contributed by atoms with Gasteiger partial charge in [0.1, 0.15) is 5.82 Å². The molecule has 0 aliphatic heterocycles. The molecule has 2 aromatic heterocycles. The first kappa shape index (κ1) is 13.2. The Labute approximate surface area is 129 Å². The molecule has 22 heavy (non-hydrogen) atoms. The molecule has 0 fully saturated rings. The molecular weight excluding hydrogens is 299 g/mol. The molecule has 4 rings (SSSR count). The standard InChI is InChI=1S/C17H11FN2OS/c1-20-14-5-3-11(18)7-13(14)17(21)12-4-2-10(6-15(12)20)16-8-19-9-22-16/h2-9H,1H3. The highest BCUT2D eigenvalue weighted by atomic mass is 32.1. The molecule has 0 N–H and O–H groups in total. The monoisotopic (exact) mass is 310 g/mol. The smallest absolute Gasteiger partial charge is 0.197 e. The number of hydrogen-bond donors (Lipinski definition) is 0. The Hall–Kier alpha value is -2.53. The van der Waals surface area contributed by atoms with Crippen molar-refractivity contribution in [3.8, 4) is 10.4 Å². The lowest BCUT2D eigenvalue weighted by Crippen LogP contribution is -2.09. The van der Waals surface area contributed by atoms with E-state index < -0.39 is 5.82 Å². The van der Waals surface area contributed by atoms with Crippen molar-refractivity contribution >= 4 is 33.1 Å². The third-order valence-corrected chi connectivity index (χ3v) is 4.71. The van der Waals surface area contributed by atoms with Crippen LogP contribution in [0.4, 0.5) is 4.39 Å². The minimum absolute atomic E-state index is 0.140. The van der Waals surface area contributed by atoms with Crippen LogP contribution >= 0.6 is 11.3 Å². The number of rotatable bonds is 1. The molecule has 0 unspecified atom stereocenters. The van der Waals surface area contributed by atoms with Gasteiger partial charge >= 0.3 is 0 Å². The minimum atomic E-state index is -0.398. The summed E-state index contributed by atoms with van der Waals surface area (Å²) in [6.45, 7) is 0. The van der Waals surface area contributed by atoms with Gasteiger partial charge in [-0.15, -0.1) is 11.3 Å². The Morgan fingerprint density at radius 2 is 1.95 bits per heavy atom. The first-order valence-corrected chi connectivity index (χ1v) is 7.64. The number of nitrogens with zero attached hydrogens (tertiary/aromatic N) is 2. The molecule has 0 aliphatic carbocycles. The molecule has 0 aliphatic rings. The summed E-state index contributed by atoms with van der Waals surface area (Å²) in [5.74, 6) is -0.398. The molecule has 0 saturated carbocycles. The van der Waals surface area contributed by atoms with Crippen LogP contribution < -0.4 is 5.43 Å². The fraction of sp³-hybridized carbons (Fsp3) is 0.0588. The lowest BCUT2D eigenvalue weighted by Gasteiger charge is -2.11. The Morgan fingerprint density at radius 1 is 1.09 bits per heavy atom. The molecule has 4 aromatic rings. The van der Waals surface area contributed by atoms with Gasteiger partial charge in [0.05, 0.1) is 21.4 Å². The second-order valence-electron chi connectivity index (χ2n) is 5.15. The number of aryl methyl sites for hydroxylation is 1. The van der Waals surface area contributed by atoms with Crippen LogP contribution in [0.5, 0.6) is 0 Å². The maximum absolute atomic E-state index is 13.4. The molecule has 3 nitrogen and oxygen atoms in total. The van der Waals surface area contributed by atoms with Gasteiger partial charge in [-0.25, -0.2) is 4.39 Å². The van der Waals surface area contributed by atoms with Crippen LogP contribution in [0.25, 0.3) is 32.2 Å². The van der Waals surface area contributed by atoms with Gasteiger partial charge in [0.15, 0.2) is 5.43 Å². The van der Waals surface area contributed by atoms with Gasteiger partial charge in [-0.05, 0) is 35.9 Å². The van der Waals surface area contributed by atoms with E-state index in [2.05, 4.69) is 4.98 Å². The first-order chi connectivity index (χ1) is 10.6. The molecule has 108 valence electrons. The van der Waals surface area contributed by atoms with Gasteiger partial charge in [-0.3, -0.25) is 9.78 Å². The lowest BCUT2D eigenvalue weighted by molar-refractivity contribution is 0.629. The van der Waals surface area contributed by atoms with Crippen molar-refractivity contribution in [3.63, 3.8) is 0 Å². The van der Waals surface area contributed by atoms with E-state index in [4.69, 9.17) is 0 Å². The molecule has 0 radical (unpaired) electrons. The molecule has 0 amide bonds. The fourth-order valence-corrected chi connectivity index (χ4v) is 3.39. The number of halogens is 1. The highest BCUT2D eigenvalue weighted by Crippen LogP contribution is 2.27. The maximum Gasteiger partial charge on any atom is 0.197 e. The van der Waals surface area contributed by atoms with E-state index in [9.17, 15) is 9.18 Å². The number of pyridine rings is 1. The maximum atomic E-state index is 13.4. The average Bonchev–Trinajstić information content (AvgIpc) is 3.06. The highest BCUT2D eigenvalue weighted by molar-refractivity contribution is 7.13. The Morgan fingerprint density at radius 3 is 2.73 bits per heavy atom. The van der Waals surface area contributed by atoms with Crippen molar-refractivity contribution < 1.29 is 4.39 Å². The summed E-state index contributed by atoms with van der Waals surface area (Å²) >= 11 is 1.55. The Balaban J connectivity index is 2.13. The second-order valence-corrected chi connectivity index (χ2v) is 6.03. The number of benzene rings is 2. The summed E-state index contributed by atoms with van der Waals surface area (Å²) in [6.07, 6.45) is 1.81. The van der Waals surface area contributed by atoms with Crippen molar-refractivity contribution in [3.05, 3.63) is 64.1 Å². The SMILES string of the molecule is Cn1c2ccc(F)cc2c(=O)c2ccc(-c3cncs3)cc21. The summed E-state index contributed by atoms with van der Waals surface area (Å²) < 4.78 is 15.4. The quantitative estimate of drug-likeness (QED) is 0.499. The van der Waals surface area contributed by atoms with Crippen molar-refractivity contribution in [2.24, 2.45) is 7.05 Å². The van der Waals surface area contributed by atoms with Gasteiger partial charge in [-0.2, -0.15) is 0 Å². The molecule has 0 atom stereocenters. The van der Waals surface area contributed by atoms with Crippen LogP contribution in [0.2, 0.25) is 0 Å². The molecule has 0 spiro atoms. The number of fused-ring (bicyclic) bond motifs is 2. The summed E-state index contributed by atoms with van der Waals surface area (Å²) in [7, 11) is 1.89. The van der Waals surface area contributed by atoms with E-state index in [1.54, 1.807) is 35.2 Å². The van der Waals surface area contributed by atoms with Crippen LogP contribution in [-0.2, 0) is 7.05 Å². The fourth-order valence-electron chi connectivity index (χ4n) is 2.77. The van der Waals surface area contributed by atoms with E-state index in [0.717, 1.165) is 21.5 Å². The first-order valence-electron chi connectivity index (χ1n) is 6.76. The third-order valence-electron chi connectivity index (χ3n) is 3.89. The number of thiazole rings is 1. The van der Waals surface area contributed by atoms with E-state index in [0.29, 0.717) is 10.8 Å². The number of hydrogen-bond acceptors (Lipinski definition) is 3. The van der Waals surface area contributed by atoms with Gasteiger partial charge in [0.25, 0.3) is 0 Å². The molecule has 2 heterocycles. The summed E-state index contributed by atoms with van der Waals surface area (Å²) in [5, 5.41) is 0.995. The minimum Gasteiger partial charge on any atom is -0.343 e. The van der Waals surface area contributed by atoms with Gasteiger partial charge in [0.2, 0.25) is 0 Å². The topological polar surface area (TPSA) is 34.9 Å². The van der Waals surface area contributed by atoms with Crippen molar-refractivity contribution in [2.45, 2.75) is 0 Å². The predicted octanol–water partition coefficient (Wildman–Crippen LogP) is 3.95. The van der Waals surface area contributed by atoms with Crippen LogP contribution in [0.15, 0.2) is 52.9 Å². The Bertz CT molecular complexity index is 1070. The largest absolute Gasteiger partial charge is 0.343 e. The van der Waals surface area contributed by atoms with Crippen molar-refractivity contribution in [2.75, 3.05) is 0 Å². The zero-order valence-electron chi connectivity index (χ0n) is 11.7.